The number of nitrogens with one attached hydrogen (secondary N) is 1. The van der Waals surface area contributed by atoms with Crippen molar-refractivity contribution in [3.05, 3.63) is 35.9 Å². The first-order chi connectivity index (χ1) is 11.3. The standard InChI is InChI=1S/C17H28N4O2/c1-22-16(15-6-3-2-4-7-15)14-20-17(18)19-8-5-9-21-10-12-23-13-11-21/h2-4,6-7,16H,5,8-14H2,1H3,(H3,18,19,20). The minimum Gasteiger partial charge on any atom is -0.379 e. The second kappa shape index (κ2) is 10.2. The van der Waals surface area contributed by atoms with Gasteiger partial charge in [0.2, 0.25) is 0 Å². The Morgan fingerprint density at radius 3 is 2.78 bits per heavy atom. The van der Waals surface area contributed by atoms with E-state index in [0.29, 0.717) is 12.5 Å². The van der Waals surface area contributed by atoms with Gasteiger partial charge in [0.15, 0.2) is 5.96 Å². The predicted molar refractivity (Wildman–Crippen MR) is 92.6 cm³/mol. The molecule has 1 unspecified atom stereocenters. The molecule has 3 N–H and O–H groups in total. The van der Waals surface area contributed by atoms with Crippen molar-refractivity contribution in [3.63, 3.8) is 0 Å². The summed E-state index contributed by atoms with van der Waals surface area (Å²) in [6.07, 6.45) is 0.979. The largest absolute Gasteiger partial charge is 0.379 e. The Labute approximate surface area is 138 Å². The summed E-state index contributed by atoms with van der Waals surface area (Å²) < 4.78 is 10.8. The molecule has 0 spiro atoms. The van der Waals surface area contributed by atoms with Gasteiger partial charge in [0.05, 0.1) is 19.8 Å². The Kier molecular flexibility index (Phi) is 7.86. The van der Waals surface area contributed by atoms with Gasteiger partial charge in [-0.3, -0.25) is 9.89 Å². The fourth-order valence-corrected chi connectivity index (χ4v) is 2.56. The molecule has 1 fully saturated rings. The number of nitrogens with zero attached hydrogens (tertiary/aromatic N) is 2. The first-order valence-electron chi connectivity index (χ1n) is 8.21. The maximum absolute atomic E-state index is 5.92. The van der Waals surface area contributed by atoms with Crippen molar-refractivity contribution in [2.24, 2.45) is 10.7 Å². The average molecular weight is 320 g/mol. The van der Waals surface area contributed by atoms with Crippen LogP contribution in [0.5, 0.6) is 0 Å². The van der Waals surface area contributed by atoms with Gasteiger partial charge in [-0.2, -0.15) is 0 Å². The van der Waals surface area contributed by atoms with Crippen molar-refractivity contribution in [3.8, 4) is 0 Å². The maximum atomic E-state index is 5.92. The number of ether oxygens (including phenoxy) is 2. The van der Waals surface area contributed by atoms with Gasteiger partial charge in [0, 0.05) is 26.7 Å². The number of morpholine rings is 1. The van der Waals surface area contributed by atoms with Gasteiger partial charge in [-0.1, -0.05) is 30.3 Å². The van der Waals surface area contributed by atoms with Gasteiger partial charge >= 0.3 is 0 Å². The molecule has 6 nitrogen and oxygen atoms in total. The molecule has 0 radical (unpaired) electrons. The smallest absolute Gasteiger partial charge is 0.188 e. The molecule has 6 heteroatoms. The Morgan fingerprint density at radius 2 is 2.09 bits per heavy atom. The van der Waals surface area contributed by atoms with Gasteiger partial charge in [0.1, 0.15) is 6.10 Å². The molecule has 0 aromatic heterocycles. The van der Waals surface area contributed by atoms with Gasteiger partial charge < -0.3 is 20.5 Å². The van der Waals surface area contributed by atoms with Crippen LogP contribution in [0.2, 0.25) is 0 Å². The van der Waals surface area contributed by atoms with Crippen LogP contribution in [0, 0.1) is 0 Å². The number of nitrogens with two attached hydrogens (primary N) is 1. The summed E-state index contributed by atoms with van der Waals surface area (Å²) in [6.45, 7) is 6.14. The lowest BCUT2D eigenvalue weighted by molar-refractivity contribution is 0.0376. The molecule has 2 rings (SSSR count). The molecule has 128 valence electrons. The average Bonchev–Trinajstić information content (AvgIpc) is 2.61. The van der Waals surface area contributed by atoms with Crippen molar-refractivity contribution in [2.45, 2.75) is 12.5 Å². The van der Waals surface area contributed by atoms with E-state index in [0.717, 1.165) is 51.4 Å². The molecule has 0 aliphatic carbocycles. The molecule has 1 aromatic carbocycles. The van der Waals surface area contributed by atoms with E-state index in [9.17, 15) is 0 Å². The molecule has 1 aliphatic rings. The zero-order valence-electron chi connectivity index (χ0n) is 13.9. The molecule has 0 saturated carbocycles. The van der Waals surface area contributed by atoms with Crippen molar-refractivity contribution >= 4 is 5.96 Å². The molecule has 0 amide bonds. The third-order valence-corrected chi connectivity index (χ3v) is 3.94. The molecule has 0 bridgehead atoms. The highest BCUT2D eigenvalue weighted by atomic mass is 16.5. The Bertz CT molecular complexity index is 461. The van der Waals surface area contributed by atoms with E-state index in [1.165, 1.54) is 0 Å². The molecule has 1 aliphatic heterocycles. The highest BCUT2D eigenvalue weighted by molar-refractivity contribution is 5.77. The predicted octanol–water partition coefficient (Wildman–Crippen LogP) is 1.00. The topological polar surface area (TPSA) is 72.1 Å². The van der Waals surface area contributed by atoms with Gasteiger partial charge in [-0.05, 0) is 18.5 Å². The summed E-state index contributed by atoms with van der Waals surface area (Å²) in [5.41, 5.74) is 7.03. The third kappa shape index (κ3) is 6.56. The number of benzene rings is 1. The second-order valence-electron chi connectivity index (χ2n) is 5.60. The van der Waals surface area contributed by atoms with Crippen LogP contribution in [0.3, 0.4) is 0 Å². The van der Waals surface area contributed by atoms with Gasteiger partial charge in [0.25, 0.3) is 0 Å². The zero-order chi connectivity index (χ0) is 16.3. The first kappa shape index (κ1) is 17.7. The molecular weight excluding hydrogens is 292 g/mol. The lowest BCUT2D eigenvalue weighted by atomic mass is 10.1. The van der Waals surface area contributed by atoms with Crippen LogP contribution < -0.4 is 11.1 Å². The number of guanidine groups is 1. The summed E-state index contributed by atoms with van der Waals surface area (Å²) in [4.78, 5) is 6.79. The van der Waals surface area contributed by atoms with Crippen LogP contribution >= 0.6 is 0 Å². The highest BCUT2D eigenvalue weighted by Crippen LogP contribution is 2.15. The zero-order valence-corrected chi connectivity index (χ0v) is 13.9. The lowest BCUT2D eigenvalue weighted by Gasteiger charge is -2.26. The number of aliphatic imine (C=N–C) groups is 1. The molecule has 1 aromatic rings. The van der Waals surface area contributed by atoms with Gasteiger partial charge in [-0.25, -0.2) is 0 Å². The van der Waals surface area contributed by atoms with Crippen LogP contribution in [-0.2, 0) is 9.47 Å². The van der Waals surface area contributed by atoms with E-state index in [-0.39, 0.29) is 6.10 Å². The van der Waals surface area contributed by atoms with Crippen molar-refractivity contribution in [1.82, 2.24) is 10.2 Å². The molecule has 1 atom stereocenters. The summed E-state index contributed by atoms with van der Waals surface area (Å²) >= 11 is 0. The van der Waals surface area contributed by atoms with Crippen molar-refractivity contribution < 1.29 is 9.47 Å². The Hall–Kier alpha value is -1.63. The van der Waals surface area contributed by atoms with Crippen molar-refractivity contribution in [2.75, 3.05) is 53.0 Å². The summed E-state index contributed by atoms with van der Waals surface area (Å²) in [7, 11) is 1.69. The summed E-state index contributed by atoms with van der Waals surface area (Å²) in [5.74, 6) is 0.477. The van der Waals surface area contributed by atoms with E-state index in [2.05, 4.69) is 15.2 Å². The minimum absolute atomic E-state index is 0.0649. The molecule has 23 heavy (non-hydrogen) atoms. The van der Waals surface area contributed by atoms with Crippen LogP contribution in [-0.4, -0.2) is 63.9 Å². The number of rotatable bonds is 8. The van der Waals surface area contributed by atoms with E-state index in [1.807, 2.05) is 30.3 Å². The summed E-state index contributed by atoms with van der Waals surface area (Å²) in [6, 6.07) is 10.1. The monoisotopic (exact) mass is 320 g/mol. The number of methoxy groups -OCH3 is 1. The highest BCUT2D eigenvalue weighted by Gasteiger charge is 2.10. The summed E-state index contributed by atoms with van der Waals surface area (Å²) in [5, 5.41) is 3.17. The van der Waals surface area contributed by atoms with E-state index in [1.54, 1.807) is 7.11 Å². The minimum atomic E-state index is -0.0649. The van der Waals surface area contributed by atoms with Crippen molar-refractivity contribution in [1.29, 1.82) is 0 Å². The lowest BCUT2D eigenvalue weighted by Crippen LogP contribution is -2.39. The number of hydrogen-bond donors (Lipinski definition) is 2. The van der Waals surface area contributed by atoms with Crippen LogP contribution in [0.1, 0.15) is 18.1 Å². The normalized spacial score (nSPS) is 17.9. The van der Waals surface area contributed by atoms with E-state index in [4.69, 9.17) is 15.2 Å². The van der Waals surface area contributed by atoms with Crippen LogP contribution in [0.4, 0.5) is 0 Å². The molecule has 1 saturated heterocycles. The third-order valence-electron chi connectivity index (χ3n) is 3.94. The number of hydrogen-bond acceptors (Lipinski definition) is 4. The Morgan fingerprint density at radius 1 is 1.35 bits per heavy atom. The fourth-order valence-electron chi connectivity index (χ4n) is 2.56. The van der Waals surface area contributed by atoms with E-state index >= 15 is 0 Å². The second-order valence-corrected chi connectivity index (χ2v) is 5.60. The fraction of sp³-hybridized carbons (Fsp3) is 0.588. The van der Waals surface area contributed by atoms with Crippen LogP contribution in [0.25, 0.3) is 0 Å². The first-order valence-corrected chi connectivity index (χ1v) is 8.21. The molecular formula is C17H28N4O2. The quantitative estimate of drug-likeness (QED) is 0.425. The van der Waals surface area contributed by atoms with E-state index < -0.39 is 0 Å². The SMILES string of the molecule is COC(CN=C(N)NCCCN1CCOCC1)c1ccccc1. The van der Waals surface area contributed by atoms with Gasteiger partial charge in [-0.15, -0.1) is 0 Å². The van der Waals surface area contributed by atoms with Crippen LogP contribution in [0.15, 0.2) is 35.3 Å². The molecule has 1 heterocycles. The maximum Gasteiger partial charge on any atom is 0.188 e. The Balaban J connectivity index is 1.65.